The smallest absolute Gasteiger partial charge is 0.121 e. The molecule has 0 heterocycles. The summed E-state index contributed by atoms with van der Waals surface area (Å²) in [5.41, 5.74) is 0. The fourth-order valence-electron chi connectivity index (χ4n) is 0.694. The minimum Gasteiger partial charge on any atom is -0.411 e. The van der Waals surface area contributed by atoms with Gasteiger partial charge in [0.15, 0.2) is 0 Å². The lowest BCUT2D eigenvalue weighted by Crippen LogP contribution is -2.46. The van der Waals surface area contributed by atoms with Crippen LogP contribution in [-0.4, -0.2) is 68.0 Å². The lowest BCUT2D eigenvalue weighted by molar-refractivity contribution is -0.100. The maximum Gasteiger partial charge on any atom is 0.121 e. The lowest BCUT2D eigenvalue weighted by atomic mass is 10.0. The number of aliphatic hydroxyl groups excluding tert-OH is 5. The zero-order valence-corrected chi connectivity index (χ0v) is 6.72. The van der Waals surface area contributed by atoms with Crippen LogP contribution in [0.1, 0.15) is 0 Å². The second-order valence-electron chi connectivity index (χ2n) is 2.49. The molecule has 7 heteroatoms. The van der Waals surface area contributed by atoms with E-state index in [0.717, 1.165) is 0 Å². The zero-order valence-electron chi connectivity index (χ0n) is 6.72. The molecule has 0 aromatic carbocycles. The van der Waals surface area contributed by atoms with E-state index in [2.05, 4.69) is 5.16 Å². The number of nitrogens with zero attached hydrogens (tertiary/aromatic N) is 1. The van der Waals surface area contributed by atoms with E-state index >= 15 is 0 Å². The van der Waals surface area contributed by atoms with E-state index < -0.39 is 31.0 Å². The van der Waals surface area contributed by atoms with Crippen molar-refractivity contribution in [2.24, 2.45) is 5.16 Å². The molecule has 13 heavy (non-hydrogen) atoms. The molecule has 0 saturated heterocycles. The van der Waals surface area contributed by atoms with Crippen molar-refractivity contribution < 1.29 is 30.7 Å². The van der Waals surface area contributed by atoms with Crippen LogP contribution >= 0.6 is 0 Å². The summed E-state index contributed by atoms with van der Waals surface area (Å²) in [6.45, 7) is -0.749. The summed E-state index contributed by atoms with van der Waals surface area (Å²) in [5, 5.41) is 54.6. The molecule has 0 radical (unpaired) electrons. The predicted molar refractivity (Wildman–Crippen MR) is 41.4 cm³/mol. The number of hydrogen-bond donors (Lipinski definition) is 6. The minimum atomic E-state index is -1.72. The second kappa shape index (κ2) is 5.84. The Morgan fingerprint density at radius 2 is 1.62 bits per heavy atom. The summed E-state index contributed by atoms with van der Waals surface area (Å²) in [7, 11) is 0. The molecular formula is C6H13NO6. The number of hydrogen-bond acceptors (Lipinski definition) is 7. The summed E-state index contributed by atoms with van der Waals surface area (Å²) in [5.74, 6) is 0. The van der Waals surface area contributed by atoms with Crippen molar-refractivity contribution in [3.05, 3.63) is 0 Å². The van der Waals surface area contributed by atoms with Crippen LogP contribution in [0.5, 0.6) is 0 Å². The third kappa shape index (κ3) is 3.66. The van der Waals surface area contributed by atoms with Crippen LogP contribution in [0.25, 0.3) is 0 Å². The van der Waals surface area contributed by atoms with Crippen LogP contribution in [0.15, 0.2) is 5.16 Å². The molecule has 4 unspecified atom stereocenters. The maximum absolute atomic E-state index is 9.05. The molecule has 4 atom stereocenters. The minimum absolute atomic E-state index is 0.581. The fraction of sp³-hybridized carbons (Fsp3) is 0.833. The van der Waals surface area contributed by atoms with Gasteiger partial charge in [0.2, 0.25) is 0 Å². The normalized spacial score (nSPS) is 21.3. The molecule has 0 bridgehead atoms. The molecular weight excluding hydrogens is 182 g/mol. The maximum atomic E-state index is 9.05. The van der Waals surface area contributed by atoms with Gasteiger partial charge in [0.05, 0.1) is 12.8 Å². The second-order valence-corrected chi connectivity index (χ2v) is 2.49. The SMILES string of the molecule is OCC(O)C(O)C(O)C(O)/C=N/O. The molecule has 0 aliphatic heterocycles. The van der Waals surface area contributed by atoms with Gasteiger partial charge in [-0.1, -0.05) is 5.16 Å². The number of aliphatic hydroxyl groups is 5. The van der Waals surface area contributed by atoms with Gasteiger partial charge in [-0.15, -0.1) is 0 Å². The van der Waals surface area contributed by atoms with Crippen LogP contribution in [-0.2, 0) is 0 Å². The highest BCUT2D eigenvalue weighted by Crippen LogP contribution is 2.03. The molecule has 0 aromatic rings. The van der Waals surface area contributed by atoms with Gasteiger partial charge in [-0.3, -0.25) is 0 Å². The quantitative estimate of drug-likeness (QED) is 0.156. The van der Waals surface area contributed by atoms with E-state index in [1.165, 1.54) is 0 Å². The zero-order chi connectivity index (χ0) is 10.4. The predicted octanol–water partition coefficient (Wildman–Crippen LogP) is -3.12. The topological polar surface area (TPSA) is 134 Å². The van der Waals surface area contributed by atoms with Gasteiger partial charge in [-0.2, -0.15) is 0 Å². The molecule has 0 aliphatic carbocycles. The van der Waals surface area contributed by atoms with Crippen LogP contribution in [0.4, 0.5) is 0 Å². The third-order valence-electron chi connectivity index (χ3n) is 1.50. The molecule has 0 rings (SSSR count). The standard InChI is InChI=1S/C6H13NO6/c8-2-4(10)6(12)5(11)3(9)1-7-13/h1,3-6,8-13H,2H2/b7-1+. The molecule has 6 N–H and O–H groups in total. The van der Waals surface area contributed by atoms with Crippen LogP contribution in [0, 0.1) is 0 Å². The molecule has 0 saturated carbocycles. The van der Waals surface area contributed by atoms with Crippen molar-refractivity contribution in [2.45, 2.75) is 24.4 Å². The lowest BCUT2D eigenvalue weighted by Gasteiger charge is -2.23. The monoisotopic (exact) mass is 195 g/mol. The highest BCUT2D eigenvalue weighted by Gasteiger charge is 2.29. The van der Waals surface area contributed by atoms with E-state index in [-0.39, 0.29) is 0 Å². The Hall–Kier alpha value is -0.730. The molecule has 7 nitrogen and oxygen atoms in total. The van der Waals surface area contributed by atoms with Gasteiger partial charge >= 0.3 is 0 Å². The first-order chi connectivity index (χ1) is 6.04. The van der Waals surface area contributed by atoms with Crippen molar-refractivity contribution >= 4 is 6.21 Å². The Kier molecular flexibility index (Phi) is 5.51. The molecule has 0 fully saturated rings. The molecule has 0 aromatic heterocycles. The van der Waals surface area contributed by atoms with Crippen molar-refractivity contribution in [1.29, 1.82) is 0 Å². The van der Waals surface area contributed by atoms with E-state index in [1.54, 1.807) is 0 Å². The van der Waals surface area contributed by atoms with Gasteiger partial charge in [-0.05, 0) is 0 Å². The van der Waals surface area contributed by atoms with Crippen LogP contribution < -0.4 is 0 Å². The summed E-state index contributed by atoms with van der Waals surface area (Å²) < 4.78 is 0. The van der Waals surface area contributed by atoms with Gasteiger partial charge in [0.1, 0.15) is 24.4 Å². The van der Waals surface area contributed by atoms with Crippen molar-refractivity contribution in [3.63, 3.8) is 0 Å². The first-order valence-electron chi connectivity index (χ1n) is 3.55. The van der Waals surface area contributed by atoms with Gasteiger partial charge in [0, 0.05) is 0 Å². The van der Waals surface area contributed by atoms with Gasteiger partial charge < -0.3 is 30.7 Å². The Morgan fingerprint density at radius 3 is 2.00 bits per heavy atom. The summed E-state index contributed by atoms with van der Waals surface area (Å²) >= 11 is 0. The average molecular weight is 195 g/mol. The van der Waals surface area contributed by atoms with E-state index in [4.69, 9.17) is 30.7 Å². The Bertz CT molecular complexity index is 163. The molecule has 0 amide bonds. The third-order valence-corrected chi connectivity index (χ3v) is 1.50. The van der Waals surface area contributed by atoms with E-state index in [1.807, 2.05) is 0 Å². The summed E-state index contributed by atoms with van der Waals surface area (Å²) in [4.78, 5) is 0. The van der Waals surface area contributed by atoms with Crippen molar-refractivity contribution in [1.82, 2.24) is 0 Å². The highest BCUT2D eigenvalue weighted by molar-refractivity contribution is 5.62. The number of rotatable bonds is 5. The largest absolute Gasteiger partial charge is 0.411 e. The van der Waals surface area contributed by atoms with Gasteiger partial charge in [-0.25, -0.2) is 0 Å². The highest BCUT2D eigenvalue weighted by atomic mass is 16.4. The summed E-state index contributed by atoms with van der Waals surface area (Å²) in [6.07, 6.45) is -6.02. The Labute approximate surface area is 74.2 Å². The first-order valence-corrected chi connectivity index (χ1v) is 3.55. The fourth-order valence-corrected chi connectivity index (χ4v) is 0.694. The molecule has 0 spiro atoms. The molecule has 78 valence electrons. The van der Waals surface area contributed by atoms with E-state index in [0.29, 0.717) is 6.21 Å². The van der Waals surface area contributed by atoms with E-state index in [9.17, 15) is 0 Å². The summed E-state index contributed by atoms with van der Waals surface area (Å²) in [6, 6.07) is 0. The van der Waals surface area contributed by atoms with Crippen molar-refractivity contribution in [2.75, 3.05) is 6.61 Å². The van der Waals surface area contributed by atoms with Crippen LogP contribution in [0.3, 0.4) is 0 Å². The molecule has 0 aliphatic rings. The van der Waals surface area contributed by atoms with Crippen molar-refractivity contribution in [3.8, 4) is 0 Å². The number of oxime groups is 1. The average Bonchev–Trinajstić information content (AvgIpc) is 2.14. The van der Waals surface area contributed by atoms with Crippen LogP contribution in [0.2, 0.25) is 0 Å². The Morgan fingerprint density at radius 1 is 1.08 bits per heavy atom. The Balaban J connectivity index is 4.15. The van der Waals surface area contributed by atoms with Gasteiger partial charge in [0.25, 0.3) is 0 Å². The first kappa shape index (κ1) is 12.3.